The van der Waals surface area contributed by atoms with Crippen LogP contribution in [0, 0.1) is 0 Å². The third-order valence-corrected chi connectivity index (χ3v) is 2.21. The first kappa shape index (κ1) is 7.87. The largest absolute Gasteiger partial charge is 0.595 e. The van der Waals surface area contributed by atoms with Crippen LogP contribution in [0.15, 0.2) is 0 Å². The first-order valence-corrected chi connectivity index (χ1v) is 4.84. The molecular weight excluding hydrogens is 158 g/mol. The van der Waals surface area contributed by atoms with Gasteiger partial charge in [-0.15, -0.1) is 0 Å². The minimum atomic E-state index is -1.67. The highest BCUT2D eigenvalue weighted by atomic mass is 35.7. The van der Waals surface area contributed by atoms with E-state index in [-0.39, 0.29) is 0 Å². The van der Waals surface area contributed by atoms with Crippen molar-refractivity contribution in [2.24, 2.45) is 0 Å². The van der Waals surface area contributed by atoms with Gasteiger partial charge in [0.15, 0.2) is 0 Å². The van der Waals surface area contributed by atoms with Gasteiger partial charge in [-0.3, -0.25) is 0 Å². The number of hydrogen-bond acceptors (Lipinski definition) is 3. The van der Waals surface area contributed by atoms with Crippen LogP contribution in [-0.4, -0.2) is 15.4 Å². The van der Waals surface area contributed by atoms with Gasteiger partial charge >= 0.3 is 0 Å². The van der Waals surface area contributed by atoms with Gasteiger partial charge in [-0.05, 0) is 0 Å². The average Bonchev–Trinajstić information content (AvgIpc) is 1.27. The first-order chi connectivity index (χ1) is 3.13. The average molecular weight is 162 g/mol. The van der Waals surface area contributed by atoms with Crippen LogP contribution in [0.4, 0.5) is 0 Å². The van der Waals surface area contributed by atoms with E-state index in [1.54, 1.807) is 0 Å². The third-order valence-electron chi connectivity index (χ3n) is 0.183. The molecule has 3 nitrogen and oxygen atoms in total. The zero-order valence-corrected chi connectivity index (χ0v) is 5.90. The zero-order chi connectivity index (χ0) is 5.86. The van der Waals surface area contributed by atoms with Gasteiger partial charge in [0, 0.05) is 0 Å². The summed E-state index contributed by atoms with van der Waals surface area (Å²) in [5.41, 5.74) is 0. The second-order valence-electron chi connectivity index (χ2n) is 0.761. The van der Waals surface area contributed by atoms with E-state index in [1.165, 1.54) is 6.26 Å². The number of rotatable bonds is 2. The lowest BCUT2D eigenvalue weighted by atomic mass is 12.0. The Balaban J connectivity index is 2.95. The van der Waals surface area contributed by atoms with Gasteiger partial charge in [-0.2, -0.15) is 0 Å². The van der Waals surface area contributed by atoms with E-state index in [0.717, 1.165) is 0 Å². The zero-order valence-electron chi connectivity index (χ0n) is 3.51. The smallest absolute Gasteiger partial charge is 0.208 e. The van der Waals surface area contributed by atoms with Crippen molar-refractivity contribution in [3.63, 3.8) is 0 Å². The van der Waals surface area contributed by atoms with E-state index in [4.69, 9.17) is 10.7 Å². The molecule has 0 spiro atoms. The van der Waals surface area contributed by atoms with Crippen LogP contribution in [0.3, 0.4) is 0 Å². The fourth-order valence-corrected chi connectivity index (χ4v) is 1.63. The summed E-state index contributed by atoms with van der Waals surface area (Å²) in [6.07, 6.45) is 1.35. The molecule has 44 valence electrons. The third kappa shape index (κ3) is 6.87. The Morgan fingerprint density at radius 1 is 1.57 bits per heavy atom. The molecule has 0 aliphatic carbocycles. The predicted octanol–water partition coefficient (Wildman–Crippen LogP) is -0.313. The maximum Gasteiger partial charge on any atom is 0.208 e. The van der Waals surface area contributed by atoms with Crippen LogP contribution in [0.2, 0.25) is 0 Å². The van der Waals surface area contributed by atoms with Gasteiger partial charge in [-0.1, -0.05) is 0 Å². The van der Waals surface area contributed by atoms with Crippen LogP contribution < -0.4 is 4.13 Å². The minimum Gasteiger partial charge on any atom is -0.595 e. The predicted molar refractivity (Wildman–Crippen MR) is 31.2 cm³/mol. The van der Waals surface area contributed by atoms with E-state index < -0.39 is 21.9 Å². The molecule has 0 aromatic heterocycles. The van der Waals surface area contributed by atoms with Crippen molar-refractivity contribution in [2.75, 3.05) is 6.26 Å². The van der Waals surface area contributed by atoms with Gasteiger partial charge in [0.05, 0.1) is 15.5 Å². The Hall–Kier alpha value is 0.870. The quantitative estimate of drug-likeness (QED) is 0.566. The van der Waals surface area contributed by atoms with Gasteiger partial charge in [0.1, 0.15) is 6.26 Å². The molecule has 2 unspecified atom stereocenters. The maximum absolute atomic E-state index is 9.98. The van der Waals surface area contributed by atoms with Crippen molar-refractivity contribution in [3.8, 4) is 0 Å². The van der Waals surface area contributed by atoms with Crippen molar-refractivity contribution < 1.29 is 9.11 Å². The number of nitrogens with one attached hydrogen (secondary N) is 1. The second-order valence-corrected chi connectivity index (χ2v) is 3.62. The van der Waals surface area contributed by atoms with Gasteiger partial charge in [0.25, 0.3) is 0 Å². The highest BCUT2D eigenvalue weighted by Gasteiger charge is 2.06. The van der Waals surface area contributed by atoms with Crippen molar-refractivity contribution in [1.82, 2.24) is 4.13 Å². The monoisotopic (exact) mass is 161 g/mol. The molecule has 0 aromatic carbocycles. The van der Waals surface area contributed by atoms with Gasteiger partial charge in [0.2, 0.25) is 21.3 Å². The Labute approximate surface area is 52.6 Å². The van der Waals surface area contributed by atoms with Crippen molar-refractivity contribution in [1.29, 1.82) is 0 Å². The fraction of sp³-hybridized carbons (Fsp3) is 1.00. The highest BCUT2D eigenvalue weighted by molar-refractivity contribution is 8.18. The molecule has 0 aliphatic rings. The van der Waals surface area contributed by atoms with Crippen LogP contribution >= 0.6 is 10.7 Å². The van der Waals surface area contributed by atoms with E-state index >= 15 is 0 Å². The van der Waals surface area contributed by atoms with E-state index in [2.05, 4.69) is 0 Å². The van der Waals surface area contributed by atoms with Crippen LogP contribution in [0.1, 0.15) is 0 Å². The van der Waals surface area contributed by atoms with E-state index in [1.807, 2.05) is 4.13 Å². The van der Waals surface area contributed by atoms with Crippen molar-refractivity contribution >= 4 is 32.6 Å². The van der Waals surface area contributed by atoms with Crippen LogP contribution in [0.5, 0.6) is 0 Å². The van der Waals surface area contributed by atoms with Crippen molar-refractivity contribution in [3.05, 3.63) is 0 Å². The molecule has 0 bridgehead atoms. The lowest BCUT2D eigenvalue weighted by Crippen LogP contribution is -2.24. The number of hydrogen-bond donors (Lipinski definition) is 1. The second kappa shape index (κ2) is 3.82. The lowest BCUT2D eigenvalue weighted by Gasteiger charge is -2.00. The molecular formula is CH4ClNO2S2. The van der Waals surface area contributed by atoms with E-state index in [9.17, 15) is 9.11 Å². The SMILES string of the molecule is C[S+]([O-])N[S+]([O-])Cl. The summed E-state index contributed by atoms with van der Waals surface area (Å²) in [5, 5.41) is 0. The first-order valence-electron chi connectivity index (χ1n) is 1.30. The molecule has 0 radical (unpaired) electrons. The molecule has 1 N–H and O–H groups in total. The summed E-state index contributed by atoms with van der Waals surface area (Å²) in [5.74, 6) is 0. The molecule has 0 amide bonds. The lowest BCUT2D eigenvalue weighted by molar-refractivity contribution is 0.586. The van der Waals surface area contributed by atoms with Gasteiger partial charge in [-0.25, -0.2) is 0 Å². The van der Waals surface area contributed by atoms with E-state index in [0.29, 0.717) is 0 Å². The Kier molecular flexibility index (Phi) is 4.30. The highest BCUT2D eigenvalue weighted by Crippen LogP contribution is 1.90. The molecule has 0 fully saturated rings. The summed E-state index contributed by atoms with van der Waals surface area (Å²) in [4.78, 5) is 0. The molecule has 2 atom stereocenters. The summed E-state index contributed by atoms with van der Waals surface area (Å²) >= 11 is -1.28. The summed E-state index contributed by atoms with van der Waals surface area (Å²) in [7, 11) is 3.17. The standard InChI is InChI=1S/CH4ClNO2S2/c1-6(4)3-7(2)5/h3H,1H3. The molecule has 7 heavy (non-hydrogen) atoms. The molecule has 0 aromatic rings. The Morgan fingerprint density at radius 3 is 2.00 bits per heavy atom. The normalized spacial score (nSPS) is 18.9. The molecule has 0 saturated heterocycles. The summed E-state index contributed by atoms with van der Waals surface area (Å²) < 4.78 is 21.8. The number of halogens is 1. The summed E-state index contributed by atoms with van der Waals surface area (Å²) in [6, 6.07) is 0. The van der Waals surface area contributed by atoms with Crippen molar-refractivity contribution in [2.45, 2.75) is 0 Å². The molecule has 0 saturated carbocycles. The summed E-state index contributed by atoms with van der Waals surface area (Å²) in [6.45, 7) is 0. The van der Waals surface area contributed by atoms with Crippen LogP contribution in [0.25, 0.3) is 0 Å². The molecule has 0 aliphatic heterocycles. The molecule has 0 heterocycles. The topological polar surface area (TPSA) is 58.1 Å². The minimum absolute atomic E-state index is 1.28. The molecule has 0 rings (SSSR count). The Bertz CT molecular complexity index is 45.0. The Morgan fingerprint density at radius 2 is 2.00 bits per heavy atom. The maximum atomic E-state index is 9.98. The molecule has 6 heteroatoms. The fourth-order valence-electron chi connectivity index (χ4n) is 0.0923. The van der Waals surface area contributed by atoms with Crippen LogP contribution in [-0.2, 0) is 21.9 Å². The van der Waals surface area contributed by atoms with Gasteiger partial charge < -0.3 is 9.11 Å².